The third kappa shape index (κ3) is 7.06. The highest BCUT2D eigenvalue weighted by atomic mass is 32.2. The van der Waals surface area contributed by atoms with Crippen molar-refractivity contribution in [2.24, 2.45) is 0 Å². The lowest BCUT2D eigenvalue weighted by Gasteiger charge is -2.03. The topological polar surface area (TPSA) is 93.2 Å². The summed E-state index contributed by atoms with van der Waals surface area (Å²) in [5.74, 6) is -0.583. The van der Waals surface area contributed by atoms with Crippen LogP contribution in [0.3, 0.4) is 0 Å². The van der Waals surface area contributed by atoms with Crippen LogP contribution in [0.4, 0.5) is 15.2 Å². The molecule has 134 valence electrons. The zero-order valence-corrected chi connectivity index (χ0v) is 15.1. The molecule has 1 aromatic carbocycles. The molecule has 2 aromatic rings. The van der Waals surface area contributed by atoms with Gasteiger partial charge in [-0.2, -0.15) is 0 Å². The standard InChI is InChI=1S/C15H17FN4O3S2/c1-23-13(22)6-3-7-17-12(21)9-24-15-20-19-14(25-15)18-11-5-2-4-10(16)8-11/h2,4-5,8H,3,6-7,9H2,1H3,(H,17,21)(H,18,19). The van der Waals surface area contributed by atoms with Gasteiger partial charge in [0.15, 0.2) is 4.34 Å². The number of hydrogen-bond donors (Lipinski definition) is 2. The van der Waals surface area contributed by atoms with Gasteiger partial charge in [0.25, 0.3) is 0 Å². The van der Waals surface area contributed by atoms with Crippen LogP contribution >= 0.6 is 23.1 Å². The quantitative estimate of drug-likeness (QED) is 0.390. The van der Waals surface area contributed by atoms with Crippen LogP contribution in [0.1, 0.15) is 12.8 Å². The molecule has 0 spiro atoms. The average molecular weight is 384 g/mol. The van der Waals surface area contributed by atoms with Crippen molar-refractivity contribution in [1.82, 2.24) is 15.5 Å². The van der Waals surface area contributed by atoms with Crippen LogP contribution in [-0.4, -0.2) is 41.5 Å². The summed E-state index contributed by atoms with van der Waals surface area (Å²) in [5, 5.41) is 14.1. The number of amides is 1. The molecule has 1 heterocycles. The van der Waals surface area contributed by atoms with Gasteiger partial charge in [0, 0.05) is 18.7 Å². The van der Waals surface area contributed by atoms with Gasteiger partial charge in [-0.05, 0) is 24.6 Å². The van der Waals surface area contributed by atoms with Gasteiger partial charge in [0.05, 0.1) is 12.9 Å². The predicted molar refractivity (Wildman–Crippen MR) is 94.6 cm³/mol. The van der Waals surface area contributed by atoms with Crippen LogP contribution in [-0.2, 0) is 14.3 Å². The van der Waals surface area contributed by atoms with E-state index < -0.39 is 0 Å². The van der Waals surface area contributed by atoms with Gasteiger partial charge in [0.1, 0.15) is 5.82 Å². The maximum absolute atomic E-state index is 13.1. The number of hydrogen-bond acceptors (Lipinski definition) is 8. The molecule has 0 unspecified atom stereocenters. The van der Waals surface area contributed by atoms with E-state index in [4.69, 9.17) is 0 Å². The average Bonchev–Trinajstić information content (AvgIpc) is 3.04. The van der Waals surface area contributed by atoms with E-state index in [2.05, 4.69) is 25.6 Å². The molecule has 2 N–H and O–H groups in total. The van der Waals surface area contributed by atoms with Gasteiger partial charge in [-0.1, -0.05) is 29.2 Å². The highest BCUT2D eigenvalue weighted by Crippen LogP contribution is 2.27. The monoisotopic (exact) mass is 384 g/mol. The molecule has 0 radical (unpaired) electrons. The molecule has 2 rings (SSSR count). The minimum Gasteiger partial charge on any atom is -0.469 e. The van der Waals surface area contributed by atoms with E-state index in [-0.39, 0.29) is 29.9 Å². The second-order valence-electron chi connectivity index (χ2n) is 4.83. The van der Waals surface area contributed by atoms with Gasteiger partial charge in [-0.15, -0.1) is 10.2 Å². The van der Waals surface area contributed by atoms with E-state index in [1.165, 1.54) is 42.3 Å². The highest BCUT2D eigenvalue weighted by Gasteiger charge is 2.09. The Hall–Kier alpha value is -2.20. The van der Waals surface area contributed by atoms with Gasteiger partial charge in [-0.25, -0.2) is 4.39 Å². The number of carbonyl (C=O) groups excluding carboxylic acids is 2. The Morgan fingerprint density at radius 2 is 2.20 bits per heavy atom. The van der Waals surface area contributed by atoms with E-state index in [1.54, 1.807) is 12.1 Å². The molecule has 0 bridgehead atoms. The molecule has 0 aliphatic carbocycles. The lowest BCUT2D eigenvalue weighted by atomic mass is 10.3. The lowest BCUT2D eigenvalue weighted by molar-refractivity contribution is -0.140. The Kier molecular flexibility index (Phi) is 7.61. The zero-order valence-electron chi connectivity index (χ0n) is 13.5. The first-order valence-electron chi connectivity index (χ1n) is 7.39. The fourth-order valence-electron chi connectivity index (χ4n) is 1.75. The number of rotatable bonds is 9. The van der Waals surface area contributed by atoms with E-state index in [1.807, 2.05) is 0 Å². The first kappa shape index (κ1) is 19.1. The third-order valence-electron chi connectivity index (χ3n) is 2.92. The molecule has 0 aliphatic heterocycles. The summed E-state index contributed by atoms with van der Waals surface area (Å²) in [6.45, 7) is 0.414. The summed E-state index contributed by atoms with van der Waals surface area (Å²) in [5.41, 5.74) is 0.580. The van der Waals surface area contributed by atoms with Gasteiger partial charge >= 0.3 is 5.97 Å². The smallest absolute Gasteiger partial charge is 0.305 e. The number of esters is 1. The second-order valence-corrected chi connectivity index (χ2v) is 7.03. The van der Waals surface area contributed by atoms with Crippen LogP contribution in [0, 0.1) is 5.82 Å². The second kappa shape index (κ2) is 9.94. The first-order chi connectivity index (χ1) is 12.1. The van der Waals surface area contributed by atoms with Crippen molar-refractivity contribution >= 4 is 45.8 Å². The maximum atomic E-state index is 13.1. The van der Waals surface area contributed by atoms with Crippen molar-refractivity contribution in [3.8, 4) is 0 Å². The number of thioether (sulfide) groups is 1. The van der Waals surface area contributed by atoms with Crippen molar-refractivity contribution < 1.29 is 18.7 Å². The number of halogens is 1. The predicted octanol–water partition coefficient (Wildman–Crippen LogP) is 2.58. The van der Waals surface area contributed by atoms with E-state index >= 15 is 0 Å². The number of benzene rings is 1. The Morgan fingerprint density at radius 1 is 1.36 bits per heavy atom. The fraction of sp³-hybridized carbons (Fsp3) is 0.333. The van der Waals surface area contributed by atoms with Crippen LogP contribution in [0.2, 0.25) is 0 Å². The molecule has 0 fully saturated rings. The summed E-state index contributed by atoms with van der Waals surface area (Å²) in [6, 6.07) is 6.03. The Bertz CT molecular complexity index is 726. The lowest BCUT2D eigenvalue weighted by Crippen LogP contribution is -2.26. The molecule has 0 atom stereocenters. The van der Waals surface area contributed by atoms with Crippen molar-refractivity contribution in [3.63, 3.8) is 0 Å². The van der Waals surface area contributed by atoms with Crippen LogP contribution in [0.5, 0.6) is 0 Å². The summed E-state index contributed by atoms with van der Waals surface area (Å²) in [6.07, 6.45) is 0.805. The fourth-order valence-corrected chi connectivity index (χ4v) is 3.35. The third-order valence-corrected chi connectivity index (χ3v) is 4.89. The largest absolute Gasteiger partial charge is 0.469 e. The van der Waals surface area contributed by atoms with Crippen LogP contribution in [0.25, 0.3) is 0 Å². The maximum Gasteiger partial charge on any atom is 0.305 e. The van der Waals surface area contributed by atoms with Gasteiger partial charge in [-0.3, -0.25) is 9.59 Å². The van der Waals surface area contributed by atoms with E-state index in [0.717, 1.165) is 0 Å². The van der Waals surface area contributed by atoms with Crippen LogP contribution < -0.4 is 10.6 Å². The number of nitrogens with zero attached hydrogens (tertiary/aromatic N) is 2. The molecule has 7 nitrogen and oxygen atoms in total. The minimum atomic E-state index is -0.340. The molecule has 10 heteroatoms. The molecule has 0 saturated heterocycles. The summed E-state index contributed by atoms with van der Waals surface area (Å²) in [4.78, 5) is 22.7. The van der Waals surface area contributed by atoms with E-state index in [9.17, 15) is 14.0 Å². The van der Waals surface area contributed by atoms with Crippen molar-refractivity contribution in [3.05, 3.63) is 30.1 Å². The zero-order chi connectivity index (χ0) is 18.1. The van der Waals surface area contributed by atoms with Crippen molar-refractivity contribution in [2.45, 2.75) is 17.2 Å². The van der Waals surface area contributed by atoms with Crippen molar-refractivity contribution in [1.29, 1.82) is 0 Å². The minimum absolute atomic E-state index is 0.148. The Balaban J connectivity index is 1.70. The van der Waals surface area contributed by atoms with E-state index in [0.29, 0.717) is 28.1 Å². The summed E-state index contributed by atoms with van der Waals surface area (Å²) >= 11 is 2.54. The normalized spacial score (nSPS) is 10.3. The molecule has 25 heavy (non-hydrogen) atoms. The van der Waals surface area contributed by atoms with Gasteiger partial charge < -0.3 is 15.4 Å². The SMILES string of the molecule is COC(=O)CCCNC(=O)CSc1nnc(Nc2cccc(F)c2)s1. The molecular weight excluding hydrogens is 367 g/mol. The van der Waals surface area contributed by atoms with Crippen LogP contribution in [0.15, 0.2) is 28.6 Å². The number of methoxy groups -OCH3 is 1. The van der Waals surface area contributed by atoms with Gasteiger partial charge in [0.2, 0.25) is 11.0 Å². The number of carbonyl (C=O) groups is 2. The highest BCUT2D eigenvalue weighted by molar-refractivity contribution is 8.01. The number of anilines is 2. The molecule has 1 aromatic heterocycles. The first-order valence-corrected chi connectivity index (χ1v) is 9.19. The summed E-state index contributed by atoms with van der Waals surface area (Å²) < 4.78 is 18.3. The Labute approximate surface area is 152 Å². The molecule has 0 saturated carbocycles. The number of ether oxygens (including phenoxy) is 1. The molecular formula is C15H17FN4O3S2. The molecule has 1 amide bonds. The number of aromatic nitrogens is 2. The molecule has 0 aliphatic rings. The van der Waals surface area contributed by atoms with Crippen molar-refractivity contribution in [2.75, 3.05) is 24.7 Å². The Morgan fingerprint density at radius 3 is 2.96 bits per heavy atom. The number of nitrogens with one attached hydrogen (secondary N) is 2. The summed E-state index contributed by atoms with van der Waals surface area (Å²) in [7, 11) is 1.33.